The Morgan fingerprint density at radius 2 is 1.87 bits per heavy atom. The largest absolute Gasteiger partial charge is 0.493 e. The summed E-state index contributed by atoms with van der Waals surface area (Å²) in [5.41, 5.74) is 2.55. The highest BCUT2D eigenvalue weighted by Gasteiger charge is 2.26. The molecular weight excluding hydrogens is 382 g/mol. The summed E-state index contributed by atoms with van der Waals surface area (Å²) in [6.07, 6.45) is 2.71. The van der Waals surface area contributed by atoms with E-state index in [0.29, 0.717) is 35.5 Å². The minimum Gasteiger partial charge on any atom is -0.493 e. The fourth-order valence-electron chi connectivity index (χ4n) is 3.49. The van der Waals surface area contributed by atoms with E-state index in [4.69, 9.17) is 14.2 Å². The summed E-state index contributed by atoms with van der Waals surface area (Å²) >= 11 is 0. The third-order valence-corrected chi connectivity index (χ3v) is 5.02. The number of aliphatic hydroxyl groups is 1. The van der Waals surface area contributed by atoms with Gasteiger partial charge in [0.05, 0.1) is 31.6 Å². The van der Waals surface area contributed by atoms with Crippen molar-refractivity contribution in [2.45, 2.75) is 26.1 Å². The Bertz CT molecular complexity index is 994. The van der Waals surface area contributed by atoms with Crippen LogP contribution in [0, 0.1) is 6.92 Å². The van der Waals surface area contributed by atoms with E-state index in [-0.39, 0.29) is 12.7 Å². The molecule has 0 radical (unpaired) electrons. The summed E-state index contributed by atoms with van der Waals surface area (Å²) in [7, 11) is 1.59. The van der Waals surface area contributed by atoms with Crippen molar-refractivity contribution in [1.82, 2.24) is 9.97 Å². The number of para-hydroxylation sites is 2. The predicted octanol–water partition coefficient (Wildman–Crippen LogP) is 3.74. The van der Waals surface area contributed by atoms with Gasteiger partial charge in [-0.05, 0) is 30.7 Å². The Kier molecular flexibility index (Phi) is 5.99. The second-order valence-electron chi connectivity index (χ2n) is 7.17. The molecule has 0 saturated carbocycles. The first kappa shape index (κ1) is 20.0. The van der Waals surface area contributed by atoms with Crippen LogP contribution in [0.1, 0.15) is 17.7 Å². The molecule has 2 aromatic heterocycles. The van der Waals surface area contributed by atoms with Crippen LogP contribution in [0.15, 0.2) is 54.7 Å². The molecule has 7 heteroatoms. The molecule has 1 saturated heterocycles. The number of ether oxygens (including phenoxy) is 3. The molecule has 1 atom stereocenters. The van der Waals surface area contributed by atoms with Crippen molar-refractivity contribution < 1.29 is 19.3 Å². The maximum atomic E-state index is 9.89. The maximum absolute atomic E-state index is 9.89. The van der Waals surface area contributed by atoms with E-state index < -0.39 is 0 Å². The molecule has 7 nitrogen and oxygen atoms in total. The lowest BCUT2D eigenvalue weighted by Crippen LogP contribution is -2.26. The topological polar surface area (TPSA) is 76.9 Å². The molecule has 1 aliphatic rings. The number of aromatic nitrogens is 2. The molecule has 1 N–H and O–H groups in total. The highest BCUT2D eigenvalue weighted by atomic mass is 16.5. The van der Waals surface area contributed by atoms with Gasteiger partial charge in [0, 0.05) is 31.3 Å². The van der Waals surface area contributed by atoms with Crippen molar-refractivity contribution in [3.8, 4) is 23.3 Å². The molecule has 1 aliphatic heterocycles. The number of anilines is 1. The Morgan fingerprint density at radius 1 is 1.07 bits per heavy atom. The van der Waals surface area contributed by atoms with E-state index in [2.05, 4.69) is 14.9 Å². The maximum Gasteiger partial charge on any atom is 0.219 e. The third kappa shape index (κ3) is 4.46. The van der Waals surface area contributed by atoms with Crippen molar-refractivity contribution in [1.29, 1.82) is 0 Å². The van der Waals surface area contributed by atoms with E-state index in [1.165, 1.54) is 0 Å². The molecule has 0 spiro atoms. The Labute approximate surface area is 175 Å². The summed E-state index contributed by atoms with van der Waals surface area (Å²) in [6, 6.07) is 15.0. The third-order valence-electron chi connectivity index (χ3n) is 5.02. The molecule has 0 amide bonds. The Balaban J connectivity index is 1.46. The highest BCUT2D eigenvalue weighted by molar-refractivity contribution is 5.53. The lowest BCUT2D eigenvalue weighted by molar-refractivity contribution is 0.215. The molecule has 1 aromatic carbocycles. The molecule has 4 rings (SSSR count). The van der Waals surface area contributed by atoms with Crippen LogP contribution in [0.4, 0.5) is 5.69 Å². The number of benzene rings is 1. The second-order valence-corrected chi connectivity index (χ2v) is 7.17. The van der Waals surface area contributed by atoms with Crippen LogP contribution in [-0.2, 0) is 6.61 Å². The van der Waals surface area contributed by atoms with Gasteiger partial charge in [-0.15, -0.1) is 0 Å². The quantitative estimate of drug-likeness (QED) is 0.639. The van der Waals surface area contributed by atoms with E-state index in [1.807, 2.05) is 49.4 Å². The summed E-state index contributed by atoms with van der Waals surface area (Å²) in [5.74, 6) is 2.24. The van der Waals surface area contributed by atoms with Crippen LogP contribution in [-0.4, -0.2) is 41.4 Å². The number of aliphatic hydroxyl groups excluding tert-OH is 1. The fraction of sp³-hybridized carbons (Fsp3) is 0.304. The molecule has 3 aromatic rings. The first-order chi connectivity index (χ1) is 14.7. The lowest BCUT2D eigenvalue weighted by atomic mass is 10.2. The summed E-state index contributed by atoms with van der Waals surface area (Å²) < 4.78 is 17.2. The molecule has 30 heavy (non-hydrogen) atoms. The molecular formula is C23H25N3O4. The summed E-state index contributed by atoms with van der Waals surface area (Å²) in [6.45, 7) is 3.34. The van der Waals surface area contributed by atoms with Crippen molar-refractivity contribution in [3.05, 3.63) is 66.0 Å². The van der Waals surface area contributed by atoms with Gasteiger partial charge in [-0.3, -0.25) is 0 Å². The van der Waals surface area contributed by atoms with Crippen LogP contribution < -0.4 is 19.1 Å². The van der Waals surface area contributed by atoms with Crippen molar-refractivity contribution in [2.24, 2.45) is 0 Å². The van der Waals surface area contributed by atoms with Gasteiger partial charge in [0.15, 0.2) is 11.5 Å². The fourth-order valence-corrected chi connectivity index (χ4v) is 3.49. The molecule has 3 heterocycles. The Morgan fingerprint density at radius 3 is 2.60 bits per heavy atom. The van der Waals surface area contributed by atoms with E-state index in [0.717, 1.165) is 24.2 Å². The number of rotatable bonds is 7. The second kappa shape index (κ2) is 9.00. The smallest absolute Gasteiger partial charge is 0.219 e. The van der Waals surface area contributed by atoms with Crippen LogP contribution in [0.25, 0.3) is 0 Å². The summed E-state index contributed by atoms with van der Waals surface area (Å²) in [4.78, 5) is 11.0. The van der Waals surface area contributed by atoms with Gasteiger partial charge >= 0.3 is 0 Å². The molecule has 0 unspecified atom stereocenters. The zero-order valence-corrected chi connectivity index (χ0v) is 17.1. The molecule has 0 aliphatic carbocycles. The van der Waals surface area contributed by atoms with Gasteiger partial charge in [0.25, 0.3) is 0 Å². The number of nitrogens with zero attached hydrogens (tertiary/aromatic N) is 3. The SMILES string of the molecule is COc1ccccc1Oc1ccc(N2CC[C@H](Oc3ccc(C)cn3)C2)c(CO)n1. The minimum atomic E-state index is -0.181. The minimum absolute atomic E-state index is 0.0382. The molecule has 1 fully saturated rings. The van der Waals surface area contributed by atoms with Gasteiger partial charge in [-0.25, -0.2) is 9.97 Å². The Hall–Kier alpha value is -3.32. The normalized spacial score (nSPS) is 15.8. The van der Waals surface area contributed by atoms with Crippen LogP contribution >= 0.6 is 0 Å². The van der Waals surface area contributed by atoms with Crippen LogP contribution in [0.2, 0.25) is 0 Å². The molecule has 156 valence electrons. The number of aryl methyl sites for hydroxylation is 1. The van der Waals surface area contributed by atoms with Gasteiger partial charge in [-0.2, -0.15) is 0 Å². The monoisotopic (exact) mass is 407 g/mol. The number of methoxy groups -OCH3 is 1. The van der Waals surface area contributed by atoms with Gasteiger partial charge in [-0.1, -0.05) is 18.2 Å². The zero-order chi connectivity index (χ0) is 20.9. The highest BCUT2D eigenvalue weighted by Crippen LogP contribution is 2.32. The average Bonchev–Trinajstić information content (AvgIpc) is 3.24. The number of pyridine rings is 2. The van der Waals surface area contributed by atoms with Gasteiger partial charge in [0.1, 0.15) is 6.10 Å². The van der Waals surface area contributed by atoms with Gasteiger partial charge in [0.2, 0.25) is 11.8 Å². The standard InChI is InChI=1S/C23H25N3O4/c1-16-7-9-22(24-13-16)29-17-11-12-26(14-17)19-8-10-23(25-18(19)15-27)30-21-6-4-3-5-20(21)28-2/h3-10,13,17,27H,11-12,14-15H2,1-2H3/t17-/m0/s1. The number of hydrogen-bond acceptors (Lipinski definition) is 7. The lowest BCUT2D eigenvalue weighted by Gasteiger charge is -2.21. The van der Waals surface area contributed by atoms with Crippen molar-refractivity contribution >= 4 is 5.69 Å². The first-order valence-electron chi connectivity index (χ1n) is 9.92. The number of hydrogen-bond donors (Lipinski definition) is 1. The first-order valence-corrected chi connectivity index (χ1v) is 9.92. The van der Waals surface area contributed by atoms with E-state index >= 15 is 0 Å². The average molecular weight is 407 g/mol. The van der Waals surface area contributed by atoms with Crippen LogP contribution in [0.5, 0.6) is 23.3 Å². The van der Waals surface area contributed by atoms with Crippen LogP contribution in [0.3, 0.4) is 0 Å². The van der Waals surface area contributed by atoms with E-state index in [1.54, 1.807) is 19.4 Å². The van der Waals surface area contributed by atoms with Crippen molar-refractivity contribution in [3.63, 3.8) is 0 Å². The zero-order valence-electron chi connectivity index (χ0n) is 17.1. The molecule has 0 bridgehead atoms. The van der Waals surface area contributed by atoms with Gasteiger partial charge < -0.3 is 24.2 Å². The van der Waals surface area contributed by atoms with E-state index in [9.17, 15) is 5.11 Å². The van der Waals surface area contributed by atoms with Crippen molar-refractivity contribution in [2.75, 3.05) is 25.1 Å². The predicted molar refractivity (Wildman–Crippen MR) is 113 cm³/mol. The summed E-state index contributed by atoms with van der Waals surface area (Å²) in [5, 5.41) is 9.89.